The summed E-state index contributed by atoms with van der Waals surface area (Å²) in [5.41, 5.74) is 6.58. The molecule has 0 atom stereocenters. The highest BCUT2D eigenvalue weighted by atomic mass is 16.5. The van der Waals surface area contributed by atoms with Crippen LogP contribution in [0.25, 0.3) is 0 Å². The summed E-state index contributed by atoms with van der Waals surface area (Å²) in [6.45, 7) is 0.614. The molecule has 0 radical (unpaired) electrons. The highest BCUT2D eigenvalue weighted by Crippen LogP contribution is 2.14. The third kappa shape index (κ3) is 2.63. The molecule has 2 aromatic heterocycles. The molecule has 0 fully saturated rings. The van der Waals surface area contributed by atoms with Gasteiger partial charge in [0.2, 0.25) is 11.9 Å². The molecular weight excluding hydrogens is 222 g/mol. The van der Waals surface area contributed by atoms with Gasteiger partial charge in [-0.05, 0) is 6.07 Å². The number of methoxy groups -OCH3 is 1. The van der Waals surface area contributed by atoms with Crippen LogP contribution in [0.4, 0.5) is 11.9 Å². The number of nitrogens with two attached hydrogens (primary N) is 1. The molecule has 0 saturated heterocycles. The molecule has 0 saturated carbocycles. The molecule has 0 aliphatic rings. The summed E-state index contributed by atoms with van der Waals surface area (Å²) in [6, 6.07) is 2.07. The molecule has 0 aliphatic carbocycles. The van der Waals surface area contributed by atoms with E-state index in [0.29, 0.717) is 12.5 Å². The lowest BCUT2D eigenvalue weighted by Crippen LogP contribution is -2.20. The van der Waals surface area contributed by atoms with Gasteiger partial charge in [-0.3, -0.25) is 0 Å². The number of nitrogen functional groups attached to an aromatic ring is 1. The second kappa shape index (κ2) is 4.69. The summed E-state index contributed by atoms with van der Waals surface area (Å²) in [6.07, 6.45) is 3.28. The van der Waals surface area contributed by atoms with Crippen LogP contribution in [-0.2, 0) is 6.54 Å². The second-order valence-corrected chi connectivity index (χ2v) is 3.47. The van der Waals surface area contributed by atoms with E-state index in [2.05, 4.69) is 15.0 Å². The van der Waals surface area contributed by atoms with Crippen molar-refractivity contribution >= 4 is 11.9 Å². The molecule has 17 heavy (non-hydrogen) atoms. The lowest BCUT2D eigenvalue weighted by molar-refractivity contribution is 0.379. The van der Waals surface area contributed by atoms with Crippen molar-refractivity contribution in [3.05, 3.63) is 24.2 Å². The van der Waals surface area contributed by atoms with Crippen LogP contribution in [0.2, 0.25) is 0 Å². The molecule has 0 aromatic carbocycles. The van der Waals surface area contributed by atoms with Gasteiger partial charge in [0.1, 0.15) is 0 Å². The second-order valence-electron chi connectivity index (χ2n) is 3.47. The van der Waals surface area contributed by atoms with Gasteiger partial charge in [-0.15, -0.1) is 0 Å². The Morgan fingerprint density at radius 1 is 1.41 bits per heavy atom. The molecule has 2 heterocycles. The van der Waals surface area contributed by atoms with Crippen molar-refractivity contribution in [1.29, 1.82) is 0 Å². The Labute approximate surface area is 98.2 Å². The molecule has 2 N–H and O–H groups in total. The first-order valence-electron chi connectivity index (χ1n) is 4.97. The fraction of sp³-hybridized carbons (Fsp3) is 0.300. The Morgan fingerprint density at radius 3 is 2.88 bits per heavy atom. The van der Waals surface area contributed by atoms with Crippen LogP contribution in [0.15, 0.2) is 23.0 Å². The van der Waals surface area contributed by atoms with Gasteiger partial charge in [-0.1, -0.05) is 0 Å². The molecule has 2 aromatic rings. The Morgan fingerprint density at radius 2 is 2.24 bits per heavy atom. The zero-order chi connectivity index (χ0) is 12.3. The molecule has 0 amide bonds. The molecule has 0 bridgehead atoms. The summed E-state index contributed by atoms with van der Waals surface area (Å²) in [5, 5.41) is 0. The summed E-state index contributed by atoms with van der Waals surface area (Å²) in [4.78, 5) is 13.8. The average Bonchev–Trinajstić information content (AvgIpc) is 2.81. The molecule has 0 unspecified atom stereocenters. The van der Waals surface area contributed by atoms with E-state index in [9.17, 15) is 0 Å². The van der Waals surface area contributed by atoms with E-state index in [1.165, 1.54) is 7.11 Å². The van der Waals surface area contributed by atoms with Gasteiger partial charge >= 0.3 is 6.01 Å². The number of anilines is 2. The normalized spacial score (nSPS) is 10.2. The summed E-state index contributed by atoms with van der Waals surface area (Å²) < 4.78 is 9.92. The molecule has 2 rings (SSSR count). The zero-order valence-electron chi connectivity index (χ0n) is 9.62. The number of hydrogen-bond donors (Lipinski definition) is 1. The van der Waals surface area contributed by atoms with Crippen molar-refractivity contribution in [2.45, 2.75) is 6.54 Å². The third-order valence-corrected chi connectivity index (χ3v) is 2.14. The van der Waals surface area contributed by atoms with Crippen molar-refractivity contribution in [2.75, 3.05) is 24.8 Å². The maximum absolute atomic E-state index is 5.56. The van der Waals surface area contributed by atoms with Crippen LogP contribution in [0, 0.1) is 0 Å². The van der Waals surface area contributed by atoms with Crippen LogP contribution in [0.1, 0.15) is 5.56 Å². The van der Waals surface area contributed by atoms with Crippen molar-refractivity contribution in [3.63, 3.8) is 0 Å². The molecule has 0 spiro atoms. The van der Waals surface area contributed by atoms with Gasteiger partial charge < -0.3 is 19.8 Å². The highest BCUT2D eigenvalue weighted by Gasteiger charge is 2.10. The Kier molecular flexibility index (Phi) is 3.08. The van der Waals surface area contributed by atoms with Crippen molar-refractivity contribution in [1.82, 2.24) is 15.0 Å². The first-order chi connectivity index (χ1) is 8.19. The SMILES string of the molecule is COc1nc(N)nc(N(C)Cc2ccoc2)n1. The fourth-order valence-electron chi connectivity index (χ4n) is 1.35. The predicted molar refractivity (Wildman–Crippen MR) is 61.6 cm³/mol. The smallest absolute Gasteiger partial charge is 0.322 e. The van der Waals surface area contributed by atoms with E-state index in [1.807, 2.05) is 18.0 Å². The largest absolute Gasteiger partial charge is 0.472 e. The average molecular weight is 235 g/mol. The number of ether oxygens (including phenoxy) is 1. The van der Waals surface area contributed by atoms with Crippen LogP contribution < -0.4 is 15.4 Å². The summed E-state index contributed by atoms with van der Waals surface area (Å²) >= 11 is 0. The van der Waals surface area contributed by atoms with Gasteiger partial charge in [-0.2, -0.15) is 15.0 Å². The molecule has 90 valence electrons. The van der Waals surface area contributed by atoms with E-state index >= 15 is 0 Å². The van der Waals surface area contributed by atoms with Crippen molar-refractivity contribution in [3.8, 4) is 6.01 Å². The van der Waals surface area contributed by atoms with Gasteiger partial charge in [0, 0.05) is 19.2 Å². The summed E-state index contributed by atoms with van der Waals surface area (Å²) in [5.74, 6) is 0.585. The predicted octanol–water partition coefficient (Wildman–Crippen LogP) is 0.692. The lowest BCUT2D eigenvalue weighted by Gasteiger charge is -2.16. The number of furan rings is 1. The van der Waals surface area contributed by atoms with Crippen molar-refractivity contribution < 1.29 is 9.15 Å². The van der Waals surface area contributed by atoms with E-state index in [-0.39, 0.29) is 12.0 Å². The van der Waals surface area contributed by atoms with Gasteiger partial charge in [0.15, 0.2) is 0 Å². The highest BCUT2D eigenvalue weighted by molar-refractivity contribution is 5.35. The first kappa shape index (κ1) is 11.2. The lowest BCUT2D eigenvalue weighted by atomic mass is 10.3. The van der Waals surface area contributed by atoms with E-state index in [4.69, 9.17) is 14.9 Å². The Balaban J connectivity index is 2.18. The quantitative estimate of drug-likeness (QED) is 0.833. The Bertz CT molecular complexity index is 485. The summed E-state index contributed by atoms with van der Waals surface area (Å²) in [7, 11) is 3.33. The fourth-order valence-corrected chi connectivity index (χ4v) is 1.35. The van der Waals surface area contributed by atoms with Gasteiger partial charge in [0.05, 0.1) is 19.6 Å². The molecule has 7 nitrogen and oxygen atoms in total. The number of aromatic nitrogens is 3. The minimum Gasteiger partial charge on any atom is -0.472 e. The standard InChI is InChI=1S/C10H13N5O2/c1-15(5-7-3-4-17-6-7)9-12-8(11)13-10(14-9)16-2/h3-4,6H,5H2,1-2H3,(H2,11,12,13,14). The third-order valence-electron chi connectivity index (χ3n) is 2.14. The number of hydrogen-bond acceptors (Lipinski definition) is 7. The Hall–Kier alpha value is -2.31. The van der Waals surface area contributed by atoms with E-state index in [0.717, 1.165) is 5.56 Å². The van der Waals surface area contributed by atoms with Crippen LogP contribution >= 0.6 is 0 Å². The van der Waals surface area contributed by atoms with Crippen LogP contribution in [0.5, 0.6) is 6.01 Å². The number of rotatable bonds is 4. The molecular formula is C10H13N5O2. The zero-order valence-corrected chi connectivity index (χ0v) is 9.62. The monoisotopic (exact) mass is 235 g/mol. The maximum atomic E-state index is 5.56. The topological polar surface area (TPSA) is 90.3 Å². The van der Waals surface area contributed by atoms with Crippen LogP contribution in [0.3, 0.4) is 0 Å². The van der Waals surface area contributed by atoms with Gasteiger partial charge in [-0.25, -0.2) is 0 Å². The molecule has 7 heteroatoms. The first-order valence-corrected chi connectivity index (χ1v) is 4.97. The van der Waals surface area contributed by atoms with E-state index < -0.39 is 0 Å². The van der Waals surface area contributed by atoms with Gasteiger partial charge in [0.25, 0.3) is 0 Å². The van der Waals surface area contributed by atoms with Crippen molar-refractivity contribution in [2.24, 2.45) is 0 Å². The molecule has 0 aliphatic heterocycles. The van der Waals surface area contributed by atoms with E-state index in [1.54, 1.807) is 12.5 Å². The maximum Gasteiger partial charge on any atom is 0.322 e. The minimum atomic E-state index is 0.130. The number of nitrogens with zero attached hydrogens (tertiary/aromatic N) is 4. The van der Waals surface area contributed by atoms with Crippen LogP contribution in [-0.4, -0.2) is 29.1 Å². The minimum absolute atomic E-state index is 0.130.